The predicted octanol–water partition coefficient (Wildman–Crippen LogP) is 1.36. The molecule has 0 aliphatic heterocycles. The first-order valence-corrected chi connectivity index (χ1v) is 6.25. The van der Waals surface area contributed by atoms with Gasteiger partial charge in [-0.25, -0.2) is 4.57 Å². The second kappa shape index (κ2) is 8.35. The predicted molar refractivity (Wildman–Crippen MR) is 80.3 cm³/mol. The van der Waals surface area contributed by atoms with Gasteiger partial charge in [0.1, 0.15) is 12.4 Å². The van der Waals surface area contributed by atoms with Gasteiger partial charge in [-0.15, -0.1) is 12.4 Å². The van der Waals surface area contributed by atoms with Crippen molar-refractivity contribution in [2.45, 2.75) is 19.2 Å². The van der Waals surface area contributed by atoms with Gasteiger partial charge in [-0.2, -0.15) is 0 Å². The van der Waals surface area contributed by atoms with Crippen molar-refractivity contribution in [1.29, 1.82) is 0 Å². The van der Waals surface area contributed by atoms with Gasteiger partial charge in [-0.1, -0.05) is 35.3 Å². The third-order valence-electron chi connectivity index (χ3n) is 2.82. The van der Waals surface area contributed by atoms with Crippen molar-refractivity contribution in [1.82, 2.24) is 14.9 Å². The second-order valence-electron chi connectivity index (χ2n) is 4.41. The van der Waals surface area contributed by atoms with Crippen LogP contribution in [-0.2, 0) is 13.1 Å². The molecule has 1 aromatic heterocycles. The van der Waals surface area contributed by atoms with Gasteiger partial charge in [0.15, 0.2) is 0 Å². The molecule has 0 saturated carbocycles. The normalized spacial score (nSPS) is 11.7. The number of benzene rings is 1. The number of imidazole rings is 1. The quantitative estimate of drug-likeness (QED) is 0.595. The van der Waals surface area contributed by atoms with Crippen molar-refractivity contribution in [2.24, 2.45) is 0 Å². The van der Waals surface area contributed by atoms with E-state index in [0.29, 0.717) is 13.1 Å². The van der Waals surface area contributed by atoms with Crippen LogP contribution in [0.15, 0.2) is 42.7 Å². The van der Waals surface area contributed by atoms with E-state index in [1.54, 1.807) is 0 Å². The maximum atomic E-state index is 10.7. The van der Waals surface area contributed by atoms with Gasteiger partial charge in [0, 0.05) is 13.1 Å². The zero-order chi connectivity index (χ0) is 14.4. The lowest BCUT2D eigenvalue weighted by Crippen LogP contribution is -2.30. The smallest absolute Gasteiger partial charge is 0.390 e. The molecule has 2 N–H and O–H groups in total. The van der Waals surface area contributed by atoms with E-state index >= 15 is 0 Å². The van der Waals surface area contributed by atoms with Gasteiger partial charge >= 0.3 is 5.95 Å². The first kappa shape index (κ1) is 17.1. The molecule has 1 atom stereocenters. The van der Waals surface area contributed by atoms with Crippen molar-refractivity contribution in [3.8, 4) is 0 Å². The number of nitrogens with one attached hydrogen (secondary N) is 1. The highest BCUT2D eigenvalue weighted by Crippen LogP contribution is 2.08. The molecule has 2 aromatic rings. The highest BCUT2D eigenvalue weighted by Gasteiger charge is 2.17. The molecule has 1 aromatic carbocycles. The van der Waals surface area contributed by atoms with E-state index in [0.717, 1.165) is 5.56 Å². The fourth-order valence-corrected chi connectivity index (χ4v) is 1.89. The minimum Gasteiger partial charge on any atom is -0.390 e. The fourth-order valence-electron chi connectivity index (χ4n) is 1.89. The summed E-state index contributed by atoms with van der Waals surface area (Å²) in [4.78, 5) is 13.8. The molecule has 21 heavy (non-hydrogen) atoms. The summed E-state index contributed by atoms with van der Waals surface area (Å²) >= 11 is 0. The third kappa shape index (κ3) is 5.14. The molecule has 2 rings (SSSR count). The highest BCUT2D eigenvalue weighted by molar-refractivity contribution is 5.85. The molecule has 0 aliphatic rings. The van der Waals surface area contributed by atoms with E-state index in [1.807, 2.05) is 30.3 Å². The Kier molecular flexibility index (Phi) is 6.80. The Morgan fingerprint density at radius 2 is 2.10 bits per heavy atom. The molecular formula is C13H17ClN4O3. The number of halogens is 1. The number of aromatic nitrogens is 2. The maximum absolute atomic E-state index is 10.7. The summed E-state index contributed by atoms with van der Waals surface area (Å²) < 4.78 is 1.33. The Labute approximate surface area is 128 Å². The Morgan fingerprint density at radius 1 is 1.38 bits per heavy atom. The van der Waals surface area contributed by atoms with Crippen LogP contribution in [0.3, 0.4) is 0 Å². The van der Waals surface area contributed by atoms with Crippen LogP contribution in [-0.4, -0.2) is 32.2 Å². The molecule has 0 saturated heterocycles. The Morgan fingerprint density at radius 3 is 2.76 bits per heavy atom. The molecule has 8 heteroatoms. The van der Waals surface area contributed by atoms with Crippen molar-refractivity contribution in [3.63, 3.8) is 0 Å². The minimum absolute atomic E-state index is 0. The number of aliphatic hydroxyl groups excluding tert-OH is 1. The fraction of sp³-hybridized carbons (Fsp3) is 0.308. The number of hydrogen-bond acceptors (Lipinski definition) is 5. The molecule has 0 bridgehead atoms. The van der Waals surface area contributed by atoms with E-state index in [9.17, 15) is 15.2 Å². The standard InChI is InChI=1S/C13H16N4O3.ClH/c18-12(9-14-8-11-4-2-1-3-5-11)10-16-7-6-15-13(16)17(19)20;/h1-7,12,14,18H,8-10H2;1H. The van der Waals surface area contributed by atoms with Crippen LogP contribution in [0.5, 0.6) is 0 Å². The second-order valence-corrected chi connectivity index (χ2v) is 4.41. The molecule has 0 fully saturated rings. The van der Waals surface area contributed by atoms with Gasteiger partial charge in [-0.05, 0) is 10.5 Å². The lowest BCUT2D eigenvalue weighted by molar-refractivity contribution is -0.397. The first-order chi connectivity index (χ1) is 9.66. The Balaban J connectivity index is 0.00000220. The summed E-state index contributed by atoms with van der Waals surface area (Å²) in [5.74, 6) is -0.257. The van der Waals surface area contributed by atoms with Crippen LogP contribution in [0, 0.1) is 10.1 Å². The van der Waals surface area contributed by atoms with Crippen LogP contribution in [0.4, 0.5) is 5.95 Å². The molecule has 1 unspecified atom stereocenters. The van der Waals surface area contributed by atoms with E-state index in [1.165, 1.54) is 17.0 Å². The number of nitro groups is 1. The first-order valence-electron chi connectivity index (χ1n) is 6.25. The summed E-state index contributed by atoms with van der Waals surface area (Å²) in [7, 11) is 0. The molecule has 1 heterocycles. The number of hydrogen-bond donors (Lipinski definition) is 2. The van der Waals surface area contributed by atoms with E-state index in [-0.39, 0.29) is 24.9 Å². The van der Waals surface area contributed by atoms with Gasteiger partial charge in [0.25, 0.3) is 0 Å². The van der Waals surface area contributed by atoms with E-state index in [4.69, 9.17) is 0 Å². The largest absolute Gasteiger partial charge is 0.434 e. The summed E-state index contributed by atoms with van der Waals surface area (Å²) in [5.41, 5.74) is 1.12. The number of nitrogens with zero attached hydrogens (tertiary/aromatic N) is 3. The molecule has 7 nitrogen and oxygen atoms in total. The Hall–Kier alpha value is -1.96. The SMILES string of the molecule is Cl.O=[N+]([O-])c1nccn1CC(O)CNCc1ccccc1. The van der Waals surface area contributed by atoms with Crippen LogP contribution in [0.1, 0.15) is 5.56 Å². The van der Waals surface area contributed by atoms with Crippen LogP contribution in [0.25, 0.3) is 0 Å². The van der Waals surface area contributed by atoms with Gasteiger partial charge in [-0.3, -0.25) is 0 Å². The number of rotatable bonds is 7. The zero-order valence-electron chi connectivity index (χ0n) is 11.3. The van der Waals surface area contributed by atoms with Crippen LogP contribution in [0.2, 0.25) is 0 Å². The van der Waals surface area contributed by atoms with Gasteiger partial charge < -0.3 is 20.5 Å². The molecule has 0 spiro atoms. The maximum Gasteiger partial charge on any atom is 0.434 e. The lowest BCUT2D eigenvalue weighted by Gasteiger charge is -2.11. The molecule has 0 radical (unpaired) electrons. The third-order valence-corrected chi connectivity index (χ3v) is 2.82. The molecule has 0 amide bonds. The summed E-state index contributed by atoms with van der Waals surface area (Å²) in [6.45, 7) is 1.13. The van der Waals surface area contributed by atoms with Crippen molar-refractivity contribution in [2.75, 3.05) is 6.54 Å². The van der Waals surface area contributed by atoms with Crippen LogP contribution >= 0.6 is 12.4 Å². The highest BCUT2D eigenvalue weighted by atomic mass is 35.5. The van der Waals surface area contributed by atoms with Gasteiger partial charge in [0.05, 0.1) is 12.6 Å². The van der Waals surface area contributed by atoms with Crippen molar-refractivity contribution in [3.05, 3.63) is 58.4 Å². The number of aliphatic hydroxyl groups is 1. The van der Waals surface area contributed by atoms with Crippen LogP contribution < -0.4 is 5.32 Å². The summed E-state index contributed by atoms with van der Waals surface area (Å²) in [5, 5.41) is 23.7. The Bertz CT molecular complexity index is 562. The molecule has 0 aliphatic carbocycles. The van der Waals surface area contributed by atoms with E-state index < -0.39 is 11.0 Å². The summed E-state index contributed by atoms with van der Waals surface area (Å²) in [6, 6.07) is 9.81. The molecule has 114 valence electrons. The van der Waals surface area contributed by atoms with E-state index in [2.05, 4.69) is 10.3 Å². The monoisotopic (exact) mass is 312 g/mol. The van der Waals surface area contributed by atoms with Crippen molar-refractivity contribution < 1.29 is 10.0 Å². The lowest BCUT2D eigenvalue weighted by atomic mass is 10.2. The average molecular weight is 313 g/mol. The summed E-state index contributed by atoms with van der Waals surface area (Å²) in [6.07, 6.45) is 2.12. The topological polar surface area (TPSA) is 93.2 Å². The van der Waals surface area contributed by atoms with Gasteiger partial charge in [0.2, 0.25) is 0 Å². The minimum atomic E-state index is -0.716. The molecular weight excluding hydrogens is 296 g/mol. The van der Waals surface area contributed by atoms with Crippen molar-refractivity contribution >= 4 is 18.4 Å². The average Bonchev–Trinajstić information content (AvgIpc) is 2.88. The zero-order valence-corrected chi connectivity index (χ0v) is 12.1.